The Balaban J connectivity index is 1.61. The molecule has 0 saturated carbocycles. The molecule has 0 saturated heterocycles. The fourth-order valence-corrected chi connectivity index (χ4v) is 3.71. The average Bonchev–Trinajstić information content (AvgIpc) is 2.80. The van der Waals surface area contributed by atoms with Gasteiger partial charge in [0.25, 0.3) is 11.8 Å². The summed E-state index contributed by atoms with van der Waals surface area (Å²) in [7, 11) is 1.48. The first-order chi connectivity index (χ1) is 15.5. The molecular formula is C24H19ClN2O5. The number of nitrogens with zero attached hydrogens (tertiary/aromatic N) is 1. The van der Waals surface area contributed by atoms with Gasteiger partial charge in [-0.15, -0.1) is 5.06 Å². The van der Waals surface area contributed by atoms with Gasteiger partial charge < -0.3 is 10.1 Å². The Hall–Kier alpha value is -3.68. The topological polar surface area (TPSA) is 84.9 Å². The molecule has 7 nitrogen and oxygen atoms in total. The normalized spacial score (nSPS) is 15.3. The third-order valence-corrected chi connectivity index (χ3v) is 5.31. The number of nitrogens with one attached hydrogen (secondary N) is 1. The highest BCUT2D eigenvalue weighted by Crippen LogP contribution is 2.32. The second-order valence-corrected chi connectivity index (χ2v) is 7.46. The smallest absolute Gasteiger partial charge is 0.285 e. The molecule has 3 amide bonds. The SMILES string of the molecule is COc1ccc(NC(=O)C2C(=O)N(OCc3ccccc3)C(=O)c3ccccc32)cc1Cl. The minimum Gasteiger partial charge on any atom is -0.495 e. The number of ether oxygens (including phenoxy) is 1. The number of benzene rings is 3. The molecule has 1 aliphatic rings. The van der Waals surface area contributed by atoms with E-state index in [-0.39, 0.29) is 12.2 Å². The lowest BCUT2D eigenvalue weighted by Gasteiger charge is -2.30. The summed E-state index contributed by atoms with van der Waals surface area (Å²) in [5.41, 5.74) is 1.72. The number of anilines is 1. The van der Waals surface area contributed by atoms with Crippen LogP contribution in [-0.2, 0) is 21.0 Å². The zero-order chi connectivity index (χ0) is 22.7. The van der Waals surface area contributed by atoms with Crippen molar-refractivity contribution in [1.82, 2.24) is 5.06 Å². The van der Waals surface area contributed by atoms with Crippen LogP contribution in [0, 0.1) is 0 Å². The highest BCUT2D eigenvalue weighted by Gasteiger charge is 2.43. The van der Waals surface area contributed by atoms with E-state index >= 15 is 0 Å². The van der Waals surface area contributed by atoms with Gasteiger partial charge >= 0.3 is 0 Å². The predicted molar refractivity (Wildman–Crippen MR) is 118 cm³/mol. The van der Waals surface area contributed by atoms with Gasteiger partial charge in [-0.05, 0) is 35.4 Å². The van der Waals surface area contributed by atoms with Gasteiger partial charge in [-0.25, -0.2) is 0 Å². The molecule has 3 aromatic rings. The molecule has 162 valence electrons. The number of hydrogen-bond acceptors (Lipinski definition) is 5. The summed E-state index contributed by atoms with van der Waals surface area (Å²) >= 11 is 6.13. The number of fused-ring (bicyclic) bond motifs is 1. The maximum absolute atomic E-state index is 13.2. The average molecular weight is 451 g/mol. The Kier molecular flexibility index (Phi) is 6.20. The van der Waals surface area contributed by atoms with Crippen LogP contribution in [-0.4, -0.2) is 29.9 Å². The number of methoxy groups -OCH3 is 1. The van der Waals surface area contributed by atoms with Crippen LogP contribution in [0.5, 0.6) is 5.75 Å². The summed E-state index contributed by atoms with van der Waals surface area (Å²) in [6, 6.07) is 20.3. The van der Waals surface area contributed by atoms with E-state index in [9.17, 15) is 14.4 Å². The highest BCUT2D eigenvalue weighted by atomic mass is 35.5. The fourth-order valence-electron chi connectivity index (χ4n) is 3.45. The first-order valence-corrected chi connectivity index (χ1v) is 10.2. The molecular weight excluding hydrogens is 432 g/mol. The molecule has 1 unspecified atom stereocenters. The minimum atomic E-state index is -1.26. The van der Waals surface area contributed by atoms with E-state index in [4.69, 9.17) is 21.2 Å². The van der Waals surface area contributed by atoms with E-state index in [1.54, 1.807) is 36.4 Å². The molecule has 4 rings (SSSR count). The standard InChI is InChI=1S/C24H19ClN2O5/c1-31-20-12-11-16(13-19(20)25)26-22(28)21-17-9-5-6-10-18(17)23(29)27(24(21)30)32-14-15-7-3-2-4-8-15/h2-13,21H,14H2,1H3,(H,26,28). The summed E-state index contributed by atoms with van der Waals surface area (Å²) in [6.45, 7) is 0.00289. The molecule has 1 heterocycles. The Morgan fingerprint density at radius 2 is 1.75 bits per heavy atom. The first kappa shape index (κ1) is 21.5. The van der Waals surface area contributed by atoms with E-state index in [1.165, 1.54) is 13.2 Å². The van der Waals surface area contributed by atoms with Crippen LogP contribution in [0.4, 0.5) is 5.69 Å². The van der Waals surface area contributed by atoms with Crippen molar-refractivity contribution in [2.45, 2.75) is 12.5 Å². The Morgan fingerprint density at radius 1 is 1.03 bits per heavy atom. The summed E-state index contributed by atoms with van der Waals surface area (Å²) in [5.74, 6) is -2.79. The Labute approximate surface area is 189 Å². The monoisotopic (exact) mass is 450 g/mol. The van der Waals surface area contributed by atoms with Crippen molar-refractivity contribution in [2.75, 3.05) is 12.4 Å². The molecule has 1 aliphatic heterocycles. The van der Waals surface area contributed by atoms with Crippen LogP contribution in [0.3, 0.4) is 0 Å². The van der Waals surface area contributed by atoms with Gasteiger partial charge in [0, 0.05) is 11.3 Å². The predicted octanol–water partition coefficient (Wildman–Crippen LogP) is 4.19. The molecule has 8 heteroatoms. The highest BCUT2D eigenvalue weighted by molar-refractivity contribution is 6.32. The molecule has 32 heavy (non-hydrogen) atoms. The summed E-state index contributed by atoms with van der Waals surface area (Å²) in [5, 5.41) is 3.67. The molecule has 0 radical (unpaired) electrons. The molecule has 0 fully saturated rings. The van der Waals surface area contributed by atoms with Crippen LogP contribution in [0.1, 0.15) is 27.4 Å². The quantitative estimate of drug-likeness (QED) is 0.449. The largest absolute Gasteiger partial charge is 0.495 e. The minimum absolute atomic E-state index is 0.00289. The van der Waals surface area contributed by atoms with Crippen LogP contribution in [0.2, 0.25) is 5.02 Å². The van der Waals surface area contributed by atoms with Crippen molar-refractivity contribution >= 4 is 35.0 Å². The van der Waals surface area contributed by atoms with E-state index in [0.29, 0.717) is 27.1 Å². The lowest BCUT2D eigenvalue weighted by Crippen LogP contribution is -2.47. The van der Waals surface area contributed by atoms with Gasteiger partial charge in [0.05, 0.1) is 12.1 Å². The molecule has 0 aliphatic carbocycles. The number of rotatable bonds is 6. The molecule has 0 spiro atoms. The third kappa shape index (κ3) is 4.21. The first-order valence-electron chi connectivity index (χ1n) is 9.78. The number of carbonyl (C=O) groups is 3. The number of imide groups is 1. The molecule has 3 aromatic carbocycles. The second kappa shape index (κ2) is 9.21. The summed E-state index contributed by atoms with van der Waals surface area (Å²) < 4.78 is 5.11. The van der Waals surface area contributed by atoms with Gasteiger partial charge in [-0.3, -0.25) is 19.2 Å². The van der Waals surface area contributed by atoms with Gasteiger partial charge in [-0.1, -0.05) is 60.1 Å². The van der Waals surface area contributed by atoms with E-state index in [1.807, 2.05) is 30.3 Å². The van der Waals surface area contributed by atoms with Crippen molar-refractivity contribution in [3.8, 4) is 5.75 Å². The van der Waals surface area contributed by atoms with Gasteiger partial charge in [0.15, 0.2) is 0 Å². The van der Waals surface area contributed by atoms with Crippen molar-refractivity contribution in [2.24, 2.45) is 0 Å². The molecule has 0 bridgehead atoms. The number of halogens is 1. The summed E-state index contributed by atoms with van der Waals surface area (Å²) in [6.07, 6.45) is 0. The fraction of sp³-hybridized carbons (Fsp3) is 0.125. The summed E-state index contributed by atoms with van der Waals surface area (Å²) in [4.78, 5) is 44.8. The zero-order valence-electron chi connectivity index (χ0n) is 17.1. The molecule has 1 atom stereocenters. The van der Waals surface area contributed by atoms with Crippen molar-refractivity contribution in [3.63, 3.8) is 0 Å². The van der Waals surface area contributed by atoms with Gasteiger partial charge in [0.1, 0.15) is 18.3 Å². The van der Waals surface area contributed by atoms with Crippen LogP contribution in [0.15, 0.2) is 72.8 Å². The maximum Gasteiger partial charge on any atom is 0.285 e. The lowest BCUT2D eigenvalue weighted by atomic mass is 9.88. The third-order valence-electron chi connectivity index (χ3n) is 5.02. The number of carbonyl (C=O) groups excluding carboxylic acids is 3. The zero-order valence-corrected chi connectivity index (χ0v) is 17.8. The van der Waals surface area contributed by atoms with E-state index in [2.05, 4.69) is 5.32 Å². The van der Waals surface area contributed by atoms with Crippen LogP contribution >= 0.6 is 11.6 Å². The maximum atomic E-state index is 13.2. The lowest BCUT2D eigenvalue weighted by molar-refractivity contribution is -0.177. The molecule has 1 N–H and O–H groups in total. The molecule has 0 aromatic heterocycles. The number of hydroxylamine groups is 2. The Bertz CT molecular complexity index is 1180. The number of hydrogen-bond donors (Lipinski definition) is 1. The van der Waals surface area contributed by atoms with Crippen molar-refractivity contribution in [1.29, 1.82) is 0 Å². The van der Waals surface area contributed by atoms with Crippen molar-refractivity contribution in [3.05, 3.63) is 94.5 Å². The van der Waals surface area contributed by atoms with E-state index < -0.39 is 23.6 Å². The second-order valence-electron chi connectivity index (χ2n) is 7.06. The van der Waals surface area contributed by atoms with Crippen molar-refractivity contribution < 1.29 is 24.0 Å². The Morgan fingerprint density at radius 3 is 2.47 bits per heavy atom. The van der Waals surface area contributed by atoms with Crippen LogP contribution < -0.4 is 10.1 Å². The van der Waals surface area contributed by atoms with Crippen LogP contribution in [0.25, 0.3) is 0 Å². The van der Waals surface area contributed by atoms with Gasteiger partial charge in [0.2, 0.25) is 5.91 Å². The van der Waals surface area contributed by atoms with Gasteiger partial charge in [-0.2, -0.15) is 0 Å². The number of amides is 3. The van der Waals surface area contributed by atoms with E-state index in [0.717, 1.165) is 5.56 Å².